The Kier molecular flexibility index (Phi) is 4.87. The fourth-order valence-corrected chi connectivity index (χ4v) is 1.52. The predicted molar refractivity (Wildman–Crippen MR) is 68.4 cm³/mol. The summed E-state index contributed by atoms with van der Waals surface area (Å²) in [5.41, 5.74) is 0.763. The molecule has 0 spiro atoms. The van der Waals surface area contributed by atoms with Gasteiger partial charge in [0.25, 0.3) is 0 Å². The van der Waals surface area contributed by atoms with Gasteiger partial charge >= 0.3 is 5.97 Å². The summed E-state index contributed by atoms with van der Waals surface area (Å²) in [7, 11) is 3.10. The predicted octanol–water partition coefficient (Wildman–Crippen LogP) is 2.93. The van der Waals surface area contributed by atoms with Gasteiger partial charge in [-0.25, -0.2) is 4.79 Å². The molecule has 0 aliphatic heterocycles. The molecule has 0 fully saturated rings. The van der Waals surface area contributed by atoms with Crippen LogP contribution in [0.2, 0.25) is 0 Å². The van der Waals surface area contributed by atoms with Crippen LogP contribution < -0.4 is 0 Å². The van der Waals surface area contributed by atoms with E-state index in [4.69, 9.17) is 14.2 Å². The maximum absolute atomic E-state index is 11.9. The summed E-state index contributed by atoms with van der Waals surface area (Å²) in [5.74, 6) is -0.352. The summed E-state index contributed by atoms with van der Waals surface area (Å²) < 4.78 is 15.6. The van der Waals surface area contributed by atoms with Gasteiger partial charge in [-0.3, -0.25) is 0 Å². The highest BCUT2D eigenvalue weighted by Gasteiger charge is 2.19. The van der Waals surface area contributed by atoms with E-state index in [0.717, 1.165) is 5.56 Å². The molecule has 0 saturated carbocycles. The minimum Gasteiger partial charge on any atom is -0.456 e. The van der Waals surface area contributed by atoms with E-state index in [-0.39, 0.29) is 5.97 Å². The van der Waals surface area contributed by atoms with Gasteiger partial charge in [0.1, 0.15) is 5.60 Å². The quantitative estimate of drug-likeness (QED) is 0.610. The zero-order valence-electron chi connectivity index (χ0n) is 11.5. The van der Waals surface area contributed by atoms with Gasteiger partial charge in [0, 0.05) is 19.8 Å². The van der Waals surface area contributed by atoms with E-state index >= 15 is 0 Å². The summed E-state index contributed by atoms with van der Waals surface area (Å²) >= 11 is 0. The molecular weight excluding hydrogens is 232 g/mol. The molecule has 0 N–H and O–H groups in total. The fourth-order valence-electron chi connectivity index (χ4n) is 1.52. The molecular formula is C14H20O4. The number of benzene rings is 1. The lowest BCUT2D eigenvalue weighted by Gasteiger charge is -2.20. The van der Waals surface area contributed by atoms with E-state index in [0.29, 0.717) is 5.56 Å². The van der Waals surface area contributed by atoms with Crippen LogP contribution in [0.1, 0.15) is 43.0 Å². The van der Waals surface area contributed by atoms with Crippen molar-refractivity contribution in [1.82, 2.24) is 0 Å². The van der Waals surface area contributed by atoms with E-state index in [1.54, 1.807) is 32.4 Å². The van der Waals surface area contributed by atoms with Gasteiger partial charge in [-0.1, -0.05) is 12.1 Å². The Morgan fingerprint density at radius 1 is 1.17 bits per heavy atom. The van der Waals surface area contributed by atoms with Crippen molar-refractivity contribution in [2.45, 2.75) is 32.7 Å². The first kappa shape index (κ1) is 14.7. The van der Waals surface area contributed by atoms with Crippen molar-refractivity contribution < 1.29 is 19.0 Å². The summed E-state index contributed by atoms with van der Waals surface area (Å²) in [6.07, 6.45) is -0.479. The van der Waals surface area contributed by atoms with Crippen LogP contribution in [0, 0.1) is 0 Å². The van der Waals surface area contributed by atoms with Crippen molar-refractivity contribution in [3.05, 3.63) is 35.4 Å². The first-order chi connectivity index (χ1) is 8.37. The first-order valence-electron chi connectivity index (χ1n) is 5.76. The van der Waals surface area contributed by atoms with Crippen molar-refractivity contribution in [3.8, 4) is 0 Å². The molecule has 1 aromatic carbocycles. The first-order valence-corrected chi connectivity index (χ1v) is 5.76. The average molecular weight is 252 g/mol. The SMILES string of the molecule is COC(OC)c1cccc(C(=O)OC(C)(C)C)c1. The van der Waals surface area contributed by atoms with Gasteiger partial charge in [0.2, 0.25) is 0 Å². The van der Waals surface area contributed by atoms with E-state index < -0.39 is 11.9 Å². The molecule has 0 aliphatic carbocycles. The monoisotopic (exact) mass is 252 g/mol. The van der Waals surface area contributed by atoms with Crippen LogP contribution in [-0.2, 0) is 14.2 Å². The Morgan fingerprint density at radius 3 is 2.28 bits per heavy atom. The number of ether oxygens (including phenoxy) is 3. The fraction of sp³-hybridized carbons (Fsp3) is 0.500. The molecule has 4 nitrogen and oxygen atoms in total. The van der Waals surface area contributed by atoms with Crippen molar-refractivity contribution in [2.24, 2.45) is 0 Å². The molecule has 0 heterocycles. The standard InChI is InChI=1S/C14H20O4/c1-14(2,3)18-12(15)10-7-6-8-11(9-10)13(16-4)17-5/h6-9,13H,1-5H3. The number of esters is 1. The van der Waals surface area contributed by atoms with Crippen LogP contribution in [0.15, 0.2) is 24.3 Å². The lowest BCUT2D eigenvalue weighted by Crippen LogP contribution is -2.24. The number of hydrogen-bond acceptors (Lipinski definition) is 4. The second kappa shape index (κ2) is 5.98. The number of rotatable bonds is 4. The Morgan fingerprint density at radius 2 is 1.78 bits per heavy atom. The molecule has 1 rings (SSSR count). The second-order valence-corrected chi connectivity index (χ2v) is 4.93. The Bertz CT molecular complexity index is 403. The van der Waals surface area contributed by atoms with Gasteiger partial charge in [-0.05, 0) is 32.9 Å². The van der Waals surface area contributed by atoms with Crippen LogP contribution in [0.4, 0.5) is 0 Å². The summed E-state index contributed by atoms with van der Waals surface area (Å²) in [4.78, 5) is 11.9. The lowest BCUT2D eigenvalue weighted by atomic mass is 10.1. The number of carbonyl (C=O) groups excluding carboxylic acids is 1. The number of carbonyl (C=O) groups is 1. The van der Waals surface area contributed by atoms with Crippen molar-refractivity contribution in [2.75, 3.05) is 14.2 Å². The van der Waals surface area contributed by atoms with Crippen LogP contribution in [0.25, 0.3) is 0 Å². The zero-order chi connectivity index (χ0) is 13.8. The largest absolute Gasteiger partial charge is 0.456 e. The van der Waals surface area contributed by atoms with Crippen LogP contribution in [0.5, 0.6) is 0 Å². The molecule has 0 atom stereocenters. The molecule has 0 radical (unpaired) electrons. The Labute approximate surface area is 108 Å². The van der Waals surface area contributed by atoms with E-state index in [2.05, 4.69) is 0 Å². The summed E-state index contributed by atoms with van der Waals surface area (Å²) in [6, 6.07) is 7.04. The van der Waals surface area contributed by atoms with Gasteiger partial charge in [-0.15, -0.1) is 0 Å². The molecule has 4 heteroatoms. The van der Waals surface area contributed by atoms with Crippen LogP contribution in [-0.4, -0.2) is 25.8 Å². The maximum Gasteiger partial charge on any atom is 0.338 e. The third kappa shape index (κ3) is 4.13. The molecule has 0 aromatic heterocycles. The number of hydrogen-bond donors (Lipinski definition) is 0. The molecule has 100 valence electrons. The van der Waals surface area contributed by atoms with Gasteiger partial charge in [-0.2, -0.15) is 0 Å². The van der Waals surface area contributed by atoms with Crippen molar-refractivity contribution >= 4 is 5.97 Å². The smallest absolute Gasteiger partial charge is 0.338 e. The van der Waals surface area contributed by atoms with Crippen molar-refractivity contribution in [1.29, 1.82) is 0 Å². The second-order valence-electron chi connectivity index (χ2n) is 4.93. The highest BCUT2D eigenvalue weighted by molar-refractivity contribution is 5.89. The van der Waals surface area contributed by atoms with E-state index in [1.807, 2.05) is 26.8 Å². The van der Waals surface area contributed by atoms with Crippen molar-refractivity contribution in [3.63, 3.8) is 0 Å². The summed E-state index contributed by atoms with van der Waals surface area (Å²) in [5, 5.41) is 0. The summed E-state index contributed by atoms with van der Waals surface area (Å²) in [6.45, 7) is 5.51. The van der Waals surface area contributed by atoms with E-state index in [1.165, 1.54) is 0 Å². The Balaban J connectivity index is 2.91. The van der Waals surface area contributed by atoms with Crippen LogP contribution >= 0.6 is 0 Å². The maximum atomic E-state index is 11.9. The molecule has 0 bridgehead atoms. The van der Waals surface area contributed by atoms with Crippen LogP contribution in [0.3, 0.4) is 0 Å². The third-order valence-electron chi connectivity index (χ3n) is 2.22. The van der Waals surface area contributed by atoms with Gasteiger partial charge in [0.15, 0.2) is 6.29 Å². The van der Waals surface area contributed by atoms with E-state index in [9.17, 15) is 4.79 Å². The average Bonchev–Trinajstić information content (AvgIpc) is 2.29. The normalized spacial score (nSPS) is 11.7. The molecule has 0 amide bonds. The highest BCUT2D eigenvalue weighted by atomic mass is 16.7. The third-order valence-corrected chi connectivity index (χ3v) is 2.22. The number of methoxy groups -OCH3 is 2. The lowest BCUT2D eigenvalue weighted by molar-refractivity contribution is -0.106. The zero-order valence-corrected chi connectivity index (χ0v) is 11.5. The minimum absolute atomic E-state index is 0.352. The molecule has 1 aromatic rings. The Hall–Kier alpha value is -1.39. The molecule has 0 saturated heterocycles. The van der Waals surface area contributed by atoms with Gasteiger partial charge < -0.3 is 14.2 Å². The minimum atomic E-state index is -0.505. The molecule has 0 aliphatic rings. The van der Waals surface area contributed by atoms with Gasteiger partial charge in [0.05, 0.1) is 5.56 Å². The molecule has 18 heavy (non-hydrogen) atoms. The highest BCUT2D eigenvalue weighted by Crippen LogP contribution is 2.20. The topological polar surface area (TPSA) is 44.8 Å². The molecule has 0 unspecified atom stereocenters.